The molecule has 3 nitrogen and oxygen atoms in total. The molecular weight excluding hydrogens is 214 g/mol. The topological polar surface area (TPSA) is 52.3 Å². The Kier molecular flexibility index (Phi) is 5.53. The first-order valence-corrected chi connectivity index (χ1v) is 6.24. The van der Waals surface area contributed by atoms with Gasteiger partial charge in [-0.15, -0.1) is 0 Å². The SMILES string of the molecule is CCCCC(=O)c1cc(OCCC)ccc1N. The predicted octanol–water partition coefficient (Wildman–Crippen LogP) is 3.43. The van der Waals surface area contributed by atoms with Gasteiger partial charge in [0.2, 0.25) is 0 Å². The molecule has 1 rings (SSSR count). The lowest BCUT2D eigenvalue weighted by atomic mass is 10.0. The maximum absolute atomic E-state index is 11.9. The molecule has 0 fully saturated rings. The van der Waals surface area contributed by atoms with E-state index in [1.54, 1.807) is 12.1 Å². The minimum Gasteiger partial charge on any atom is -0.494 e. The molecule has 0 atom stereocenters. The van der Waals surface area contributed by atoms with Crippen LogP contribution in [0.3, 0.4) is 0 Å². The fraction of sp³-hybridized carbons (Fsp3) is 0.500. The molecule has 0 radical (unpaired) electrons. The average Bonchev–Trinajstić information content (AvgIpc) is 2.35. The van der Waals surface area contributed by atoms with Gasteiger partial charge in [0.05, 0.1) is 6.61 Å². The number of carbonyl (C=O) groups is 1. The van der Waals surface area contributed by atoms with Crippen molar-refractivity contribution in [3.05, 3.63) is 23.8 Å². The van der Waals surface area contributed by atoms with Crippen LogP contribution in [-0.4, -0.2) is 12.4 Å². The molecule has 3 heteroatoms. The quantitative estimate of drug-likeness (QED) is 0.582. The second-order valence-electron chi connectivity index (χ2n) is 4.12. The van der Waals surface area contributed by atoms with Crippen molar-refractivity contribution < 1.29 is 9.53 Å². The van der Waals surface area contributed by atoms with Crippen molar-refractivity contribution in [2.24, 2.45) is 0 Å². The summed E-state index contributed by atoms with van der Waals surface area (Å²) < 4.78 is 5.50. The zero-order chi connectivity index (χ0) is 12.7. The number of nitrogens with two attached hydrogens (primary N) is 1. The summed E-state index contributed by atoms with van der Waals surface area (Å²) in [5.74, 6) is 0.826. The highest BCUT2D eigenvalue weighted by Crippen LogP contribution is 2.22. The number of nitrogen functional groups attached to an aromatic ring is 1. The van der Waals surface area contributed by atoms with Gasteiger partial charge in [-0.1, -0.05) is 20.3 Å². The maximum atomic E-state index is 11.9. The molecule has 1 aromatic carbocycles. The Hall–Kier alpha value is -1.51. The number of unbranched alkanes of at least 4 members (excludes halogenated alkanes) is 1. The van der Waals surface area contributed by atoms with Gasteiger partial charge in [0.25, 0.3) is 0 Å². The van der Waals surface area contributed by atoms with E-state index in [0.29, 0.717) is 24.3 Å². The Morgan fingerprint density at radius 3 is 2.71 bits per heavy atom. The minimum absolute atomic E-state index is 0.103. The smallest absolute Gasteiger partial charge is 0.165 e. The van der Waals surface area contributed by atoms with Crippen LogP contribution in [0.15, 0.2) is 18.2 Å². The number of hydrogen-bond acceptors (Lipinski definition) is 3. The van der Waals surface area contributed by atoms with Crippen molar-refractivity contribution in [1.82, 2.24) is 0 Å². The highest BCUT2D eigenvalue weighted by atomic mass is 16.5. The van der Waals surface area contributed by atoms with Crippen LogP contribution in [0.2, 0.25) is 0 Å². The Bertz CT molecular complexity index is 374. The molecule has 2 N–H and O–H groups in total. The highest BCUT2D eigenvalue weighted by molar-refractivity contribution is 6.01. The van der Waals surface area contributed by atoms with Gasteiger partial charge >= 0.3 is 0 Å². The molecule has 0 aromatic heterocycles. The first-order valence-electron chi connectivity index (χ1n) is 6.24. The number of hydrogen-bond donors (Lipinski definition) is 1. The van der Waals surface area contributed by atoms with Gasteiger partial charge < -0.3 is 10.5 Å². The van der Waals surface area contributed by atoms with Gasteiger partial charge in [-0.05, 0) is 31.0 Å². The molecule has 0 aliphatic rings. The number of ketones is 1. The molecule has 0 aliphatic carbocycles. The summed E-state index contributed by atoms with van der Waals surface area (Å²) in [5, 5.41) is 0. The van der Waals surface area contributed by atoms with Gasteiger partial charge in [0.15, 0.2) is 5.78 Å². The Morgan fingerprint density at radius 2 is 2.06 bits per heavy atom. The van der Waals surface area contributed by atoms with E-state index in [9.17, 15) is 4.79 Å². The number of carbonyl (C=O) groups excluding carboxylic acids is 1. The van der Waals surface area contributed by atoms with Crippen molar-refractivity contribution in [3.63, 3.8) is 0 Å². The lowest BCUT2D eigenvalue weighted by Crippen LogP contribution is -2.05. The van der Waals surface area contributed by atoms with Crippen LogP contribution in [0.5, 0.6) is 5.75 Å². The molecule has 0 amide bonds. The lowest BCUT2D eigenvalue weighted by Gasteiger charge is -2.09. The monoisotopic (exact) mass is 235 g/mol. The first kappa shape index (κ1) is 13.6. The summed E-state index contributed by atoms with van der Waals surface area (Å²) >= 11 is 0. The van der Waals surface area contributed by atoms with E-state index in [1.807, 2.05) is 13.0 Å². The fourth-order valence-corrected chi connectivity index (χ4v) is 1.56. The molecule has 0 heterocycles. The van der Waals surface area contributed by atoms with Crippen LogP contribution in [0.25, 0.3) is 0 Å². The minimum atomic E-state index is 0.103. The summed E-state index contributed by atoms with van der Waals surface area (Å²) in [5.41, 5.74) is 6.94. The fourth-order valence-electron chi connectivity index (χ4n) is 1.56. The van der Waals surface area contributed by atoms with E-state index in [-0.39, 0.29) is 5.78 Å². The van der Waals surface area contributed by atoms with E-state index in [0.717, 1.165) is 25.0 Å². The van der Waals surface area contributed by atoms with E-state index in [2.05, 4.69) is 6.92 Å². The molecule has 94 valence electrons. The van der Waals surface area contributed by atoms with Crippen LogP contribution in [0, 0.1) is 0 Å². The number of benzene rings is 1. The molecule has 0 unspecified atom stereocenters. The maximum Gasteiger partial charge on any atom is 0.165 e. The Labute approximate surface area is 103 Å². The largest absolute Gasteiger partial charge is 0.494 e. The normalized spacial score (nSPS) is 10.2. The third-order valence-electron chi connectivity index (χ3n) is 2.56. The molecule has 0 aliphatic heterocycles. The second kappa shape index (κ2) is 6.94. The van der Waals surface area contributed by atoms with E-state index >= 15 is 0 Å². The Balaban J connectivity index is 2.78. The van der Waals surface area contributed by atoms with Crippen molar-refractivity contribution in [2.45, 2.75) is 39.5 Å². The molecular formula is C14H21NO2. The average molecular weight is 235 g/mol. The van der Waals surface area contributed by atoms with Gasteiger partial charge in [-0.3, -0.25) is 4.79 Å². The van der Waals surface area contributed by atoms with Crippen molar-refractivity contribution in [1.29, 1.82) is 0 Å². The summed E-state index contributed by atoms with van der Waals surface area (Å²) in [4.78, 5) is 11.9. The summed E-state index contributed by atoms with van der Waals surface area (Å²) in [6.45, 7) is 4.77. The van der Waals surface area contributed by atoms with Crippen LogP contribution in [0.1, 0.15) is 49.9 Å². The molecule has 0 bridgehead atoms. The number of rotatable bonds is 7. The van der Waals surface area contributed by atoms with Crippen molar-refractivity contribution >= 4 is 11.5 Å². The summed E-state index contributed by atoms with van der Waals surface area (Å²) in [6, 6.07) is 5.30. The van der Waals surface area contributed by atoms with Crippen LogP contribution in [0.4, 0.5) is 5.69 Å². The van der Waals surface area contributed by atoms with Crippen molar-refractivity contribution in [3.8, 4) is 5.75 Å². The highest BCUT2D eigenvalue weighted by Gasteiger charge is 2.10. The zero-order valence-electron chi connectivity index (χ0n) is 10.7. The van der Waals surface area contributed by atoms with E-state index in [4.69, 9.17) is 10.5 Å². The molecule has 1 aromatic rings. The Morgan fingerprint density at radius 1 is 1.29 bits per heavy atom. The number of Topliss-reactive ketones (excluding diaryl/α,β-unsaturated/α-hetero) is 1. The van der Waals surface area contributed by atoms with Crippen LogP contribution < -0.4 is 10.5 Å². The van der Waals surface area contributed by atoms with Crippen molar-refractivity contribution in [2.75, 3.05) is 12.3 Å². The molecule has 17 heavy (non-hydrogen) atoms. The van der Waals surface area contributed by atoms with Gasteiger partial charge in [0, 0.05) is 17.7 Å². The molecule has 0 spiro atoms. The molecule has 0 saturated carbocycles. The predicted molar refractivity (Wildman–Crippen MR) is 70.5 cm³/mol. The zero-order valence-corrected chi connectivity index (χ0v) is 10.7. The summed E-state index contributed by atoms with van der Waals surface area (Å²) in [7, 11) is 0. The van der Waals surface area contributed by atoms with Gasteiger partial charge in [-0.2, -0.15) is 0 Å². The standard InChI is InChI=1S/C14H21NO2/c1-3-5-6-14(16)12-10-11(17-9-4-2)7-8-13(12)15/h7-8,10H,3-6,9,15H2,1-2H3. The summed E-state index contributed by atoms with van der Waals surface area (Å²) in [6.07, 6.45) is 3.41. The number of ether oxygens (including phenoxy) is 1. The van der Waals surface area contributed by atoms with E-state index < -0.39 is 0 Å². The first-order chi connectivity index (χ1) is 8.19. The molecule has 0 saturated heterocycles. The third kappa shape index (κ3) is 4.10. The third-order valence-corrected chi connectivity index (χ3v) is 2.56. The number of anilines is 1. The van der Waals surface area contributed by atoms with Gasteiger partial charge in [-0.25, -0.2) is 0 Å². The second-order valence-corrected chi connectivity index (χ2v) is 4.12. The van der Waals surface area contributed by atoms with Crippen LogP contribution >= 0.6 is 0 Å². The van der Waals surface area contributed by atoms with Gasteiger partial charge in [0.1, 0.15) is 5.75 Å². The van der Waals surface area contributed by atoms with Crippen LogP contribution in [-0.2, 0) is 0 Å². The van der Waals surface area contributed by atoms with E-state index in [1.165, 1.54) is 0 Å². The lowest BCUT2D eigenvalue weighted by molar-refractivity contribution is 0.0980.